The van der Waals surface area contributed by atoms with Crippen LogP contribution in [-0.2, 0) is 4.74 Å². The number of benzene rings is 2. The number of carbonyl (C=O) groups is 1. The van der Waals surface area contributed by atoms with Gasteiger partial charge in [-0.15, -0.1) is 0 Å². The molecule has 23 heavy (non-hydrogen) atoms. The van der Waals surface area contributed by atoms with Crippen molar-refractivity contribution < 1.29 is 19.0 Å². The van der Waals surface area contributed by atoms with Crippen LogP contribution in [0.25, 0.3) is 0 Å². The first-order valence-electron chi connectivity index (χ1n) is 7.87. The third-order valence-corrected chi connectivity index (χ3v) is 3.16. The van der Waals surface area contributed by atoms with Gasteiger partial charge in [0, 0.05) is 0 Å². The largest absolute Gasteiger partial charge is 0.494 e. The van der Waals surface area contributed by atoms with Crippen molar-refractivity contribution in [3.05, 3.63) is 60.2 Å². The van der Waals surface area contributed by atoms with E-state index in [0.717, 1.165) is 18.6 Å². The summed E-state index contributed by atoms with van der Waals surface area (Å²) in [7, 11) is 0. The van der Waals surface area contributed by atoms with Crippen molar-refractivity contribution in [2.24, 2.45) is 0 Å². The van der Waals surface area contributed by atoms with Gasteiger partial charge in [-0.3, -0.25) is 0 Å². The molecule has 0 aliphatic carbocycles. The molecule has 122 valence electrons. The second-order valence-electron chi connectivity index (χ2n) is 5.03. The fraction of sp³-hybridized carbons (Fsp3) is 0.316. The molecule has 2 aromatic carbocycles. The molecule has 2 rings (SSSR count). The predicted octanol–water partition coefficient (Wildman–Crippen LogP) is 4.10. The van der Waals surface area contributed by atoms with E-state index >= 15 is 0 Å². The third-order valence-electron chi connectivity index (χ3n) is 3.16. The van der Waals surface area contributed by atoms with Crippen LogP contribution in [0.3, 0.4) is 0 Å². The van der Waals surface area contributed by atoms with E-state index in [-0.39, 0.29) is 12.6 Å². The van der Waals surface area contributed by atoms with Crippen LogP contribution >= 0.6 is 0 Å². The Morgan fingerprint density at radius 2 is 1.61 bits per heavy atom. The Morgan fingerprint density at radius 3 is 2.39 bits per heavy atom. The summed E-state index contributed by atoms with van der Waals surface area (Å²) in [5.41, 5.74) is 0.485. The fourth-order valence-corrected chi connectivity index (χ4v) is 1.94. The highest BCUT2D eigenvalue weighted by Crippen LogP contribution is 2.15. The Balaban J connectivity index is 1.75. The molecule has 0 N–H and O–H groups in total. The first-order valence-corrected chi connectivity index (χ1v) is 7.87. The minimum absolute atomic E-state index is 0.203. The van der Waals surface area contributed by atoms with Gasteiger partial charge < -0.3 is 14.2 Å². The molecule has 0 aromatic heterocycles. The summed E-state index contributed by atoms with van der Waals surface area (Å²) in [6.07, 6.45) is 2.06. The lowest BCUT2D eigenvalue weighted by Crippen LogP contribution is -2.12. The van der Waals surface area contributed by atoms with E-state index in [1.807, 2.05) is 36.4 Å². The molecule has 0 spiro atoms. The Kier molecular flexibility index (Phi) is 6.98. The van der Waals surface area contributed by atoms with Gasteiger partial charge in [-0.25, -0.2) is 4.79 Å². The number of unbranched alkanes of at least 4 members (excludes halogenated alkanes) is 1. The fourth-order valence-electron chi connectivity index (χ4n) is 1.94. The number of hydrogen-bond donors (Lipinski definition) is 0. The van der Waals surface area contributed by atoms with Crippen molar-refractivity contribution in [1.82, 2.24) is 0 Å². The molecule has 0 radical (unpaired) electrons. The maximum absolute atomic E-state index is 12.0. The predicted molar refractivity (Wildman–Crippen MR) is 89.1 cm³/mol. The first kappa shape index (κ1) is 16.9. The number of rotatable bonds is 9. The number of esters is 1. The molecular formula is C19H22O4. The molecule has 0 aliphatic rings. The molecule has 0 fully saturated rings. The van der Waals surface area contributed by atoms with E-state index in [0.29, 0.717) is 24.5 Å². The Bertz CT molecular complexity index is 595. The van der Waals surface area contributed by atoms with Crippen molar-refractivity contribution in [1.29, 1.82) is 0 Å². The molecule has 0 atom stereocenters. The highest BCUT2D eigenvalue weighted by atomic mass is 16.6. The van der Waals surface area contributed by atoms with Crippen molar-refractivity contribution >= 4 is 5.97 Å². The number of carbonyl (C=O) groups excluding carboxylic acids is 1. The summed E-state index contributed by atoms with van der Waals surface area (Å²) in [6.45, 7) is 3.28. The Labute approximate surface area is 137 Å². The molecule has 0 amide bonds. The minimum Gasteiger partial charge on any atom is -0.494 e. The zero-order valence-electron chi connectivity index (χ0n) is 13.4. The van der Waals surface area contributed by atoms with Crippen LogP contribution < -0.4 is 9.47 Å². The zero-order valence-corrected chi connectivity index (χ0v) is 13.4. The molecule has 2 aromatic rings. The number of hydrogen-bond acceptors (Lipinski definition) is 4. The average molecular weight is 314 g/mol. The van der Waals surface area contributed by atoms with Crippen LogP contribution in [-0.4, -0.2) is 25.8 Å². The molecule has 0 unspecified atom stereocenters. The molecule has 0 saturated heterocycles. The van der Waals surface area contributed by atoms with Crippen LogP contribution in [0.15, 0.2) is 54.6 Å². The summed E-state index contributed by atoms with van der Waals surface area (Å²) in [5.74, 6) is 1.07. The maximum Gasteiger partial charge on any atom is 0.338 e. The smallest absolute Gasteiger partial charge is 0.338 e. The first-order chi connectivity index (χ1) is 11.3. The minimum atomic E-state index is -0.373. The molecule has 0 bridgehead atoms. The highest BCUT2D eigenvalue weighted by molar-refractivity contribution is 5.89. The lowest BCUT2D eigenvalue weighted by Gasteiger charge is -2.09. The van der Waals surface area contributed by atoms with Gasteiger partial charge in [0.1, 0.15) is 24.7 Å². The van der Waals surface area contributed by atoms with Gasteiger partial charge in [-0.2, -0.15) is 0 Å². The van der Waals surface area contributed by atoms with E-state index in [1.54, 1.807) is 18.2 Å². The Hall–Kier alpha value is -2.49. The summed E-state index contributed by atoms with van der Waals surface area (Å²) >= 11 is 0. The van der Waals surface area contributed by atoms with Crippen molar-refractivity contribution in [2.45, 2.75) is 19.8 Å². The van der Waals surface area contributed by atoms with Crippen LogP contribution in [0.1, 0.15) is 30.1 Å². The molecule has 0 saturated carbocycles. The monoisotopic (exact) mass is 314 g/mol. The standard InChI is InChI=1S/C19H22O4/c1-2-3-12-21-18-11-7-8-16(15-18)19(20)23-14-13-22-17-9-5-4-6-10-17/h4-11,15H,2-3,12-14H2,1H3. The summed E-state index contributed by atoms with van der Waals surface area (Å²) < 4.78 is 16.3. The van der Waals surface area contributed by atoms with Crippen molar-refractivity contribution in [3.8, 4) is 11.5 Å². The SMILES string of the molecule is CCCCOc1cccc(C(=O)OCCOc2ccccc2)c1. The highest BCUT2D eigenvalue weighted by Gasteiger charge is 2.08. The second kappa shape index (κ2) is 9.51. The molecule has 4 nitrogen and oxygen atoms in total. The number of ether oxygens (including phenoxy) is 3. The van der Waals surface area contributed by atoms with E-state index in [4.69, 9.17) is 14.2 Å². The Morgan fingerprint density at radius 1 is 0.870 bits per heavy atom. The van der Waals surface area contributed by atoms with Gasteiger partial charge in [-0.1, -0.05) is 37.6 Å². The normalized spacial score (nSPS) is 10.1. The quantitative estimate of drug-likeness (QED) is 0.516. The van der Waals surface area contributed by atoms with E-state index in [2.05, 4.69) is 6.92 Å². The van der Waals surface area contributed by atoms with Gasteiger partial charge in [0.15, 0.2) is 0 Å². The van der Waals surface area contributed by atoms with Gasteiger partial charge in [0.05, 0.1) is 12.2 Å². The van der Waals surface area contributed by atoms with E-state index in [9.17, 15) is 4.79 Å². The molecule has 0 heterocycles. The molecule has 0 aliphatic heterocycles. The van der Waals surface area contributed by atoms with Gasteiger partial charge in [0.25, 0.3) is 0 Å². The van der Waals surface area contributed by atoms with Gasteiger partial charge in [0.2, 0.25) is 0 Å². The van der Waals surface area contributed by atoms with E-state index in [1.165, 1.54) is 0 Å². The summed E-state index contributed by atoms with van der Waals surface area (Å²) in [6, 6.07) is 16.5. The lowest BCUT2D eigenvalue weighted by atomic mass is 10.2. The lowest BCUT2D eigenvalue weighted by molar-refractivity contribution is 0.0450. The molecular weight excluding hydrogens is 292 g/mol. The second-order valence-corrected chi connectivity index (χ2v) is 5.03. The number of para-hydroxylation sites is 1. The third kappa shape index (κ3) is 6.02. The van der Waals surface area contributed by atoms with E-state index < -0.39 is 0 Å². The zero-order chi connectivity index (χ0) is 16.3. The summed E-state index contributed by atoms with van der Waals surface area (Å²) in [5, 5.41) is 0. The summed E-state index contributed by atoms with van der Waals surface area (Å²) in [4.78, 5) is 12.0. The van der Waals surface area contributed by atoms with Crippen LogP contribution in [0.5, 0.6) is 11.5 Å². The van der Waals surface area contributed by atoms with Crippen molar-refractivity contribution in [3.63, 3.8) is 0 Å². The van der Waals surface area contributed by atoms with Gasteiger partial charge >= 0.3 is 5.97 Å². The average Bonchev–Trinajstić information content (AvgIpc) is 2.60. The molecule has 4 heteroatoms. The topological polar surface area (TPSA) is 44.8 Å². The van der Waals surface area contributed by atoms with Crippen LogP contribution in [0, 0.1) is 0 Å². The van der Waals surface area contributed by atoms with Crippen molar-refractivity contribution in [2.75, 3.05) is 19.8 Å². The van der Waals surface area contributed by atoms with Crippen LogP contribution in [0.4, 0.5) is 0 Å². The maximum atomic E-state index is 12.0. The van der Waals surface area contributed by atoms with Gasteiger partial charge in [-0.05, 0) is 36.8 Å². The van der Waals surface area contributed by atoms with Crippen LogP contribution in [0.2, 0.25) is 0 Å².